The standard InChI is InChI=1S/C25H27ClN2O3S2/c1-25(2,3)28(24(30)22-5-4-13-32-22)15-23(29)27-12-10-21-19(11-14-33-21)20(27)16-31-18-8-6-17(26)7-9-18/h4-9,11,13-14,20H,10,12,15-16H2,1-3H3/t20-/m1/s1. The second-order valence-corrected chi connectivity index (χ2v) is 11.3. The van der Waals surface area contributed by atoms with E-state index >= 15 is 0 Å². The number of carbonyl (C=O) groups is 2. The molecular weight excluding hydrogens is 476 g/mol. The number of carbonyl (C=O) groups excluding carboxylic acids is 2. The van der Waals surface area contributed by atoms with Crippen molar-refractivity contribution in [2.75, 3.05) is 19.7 Å². The number of ether oxygens (including phenoxy) is 1. The zero-order valence-electron chi connectivity index (χ0n) is 18.9. The molecule has 0 aliphatic carbocycles. The summed E-state index contributed by atoms with van der Waals surface area (Å²) in [7, 11) is 0. The second kappa shape index (κ2) is 9.87. The molecule has 0 saturated carbocycles. The van der Waals surface area contributed by atoms with E-state index in [1.54, 1.807) is 34.4 Å². The Bertz CT molecular complexity index is 1100. The molecule has 0 fully saturated rings. The minimum atomic E-state index is -0.491. The van der Waals surface area contributed by atoms with E-state index in [1.807, 2.05) is 49.3 Å². The third-order valence-electron chi connectivity index (χ3n) is 5.72. The monoisotopic (exact) mass is 502 g/mol. The van der Waals surface area contributed by atoms with Gasteiger partial charge < -0.3 is 14.5 Å². The number of amides is 2. The molecule has 1 aromatic carbocycles. The minimum Gasteiger partial charge on any atom is -0.491 e. The molecule has 5 nitrogen and oxygen atoms in total. The first-order valence-corrected chi connectivity index (χ1v) is 13.0. The van der Waals surface area contributed by atoms with Gasteiger partial charge in [0.2, 0.25) is 5.91 Å². The molecule has 1 aliphatic heterocycles. The maximum atomic E-state index is 13.6. The molecular formula is C25H27ClN2O3S2. The molecule has 0 spiro atoms. The molecule has 2 amide bonds. The van der Waals surface area contributed by atoms with Crippen LogP contribution >= 0.6 is 34.3 Å². The van der Waals surface area contributed by atoms with Crippen molar-refractivity contribution < 1.29 is 14.3 Å². The number of halogens is 1. The summed E-state index contributed by atoms with van der Waals surface area (Å²) in [5, 5.41) is 4.59. The van der Waals surface area contributed by atoms with Gasteiger partial charge in [-0.1, -0.05) is 17.7 Å². The van der Waals surface area contributed by atoms with Crippen molar-refractivity contribution in [2.45, 2.75) is 38.8 Å². The predicted molar refractivity (Wildman–Crippen MR) is 135 cm³/mol. The lowest BCUT2D eigenvalue weighted by Crippen LogP contribution is -2.53. The van der Waals surface area contributed by atoms with Crippen LogP contribution in [0.1, 0.15) is 46.9 Å². The van der Waals surface area contributed by atoms with E-state index < -0.39 is 5.54 Å². The van der Waals surface area contributed by atoms with Gasteiger partial charge in [0.25, 0.3) is 5.91 Å². The summed E-state index contributed by atoms with van der Waals surface area (Å²) >= 11 is 9.09. The molecule has 1 aliphatic rings. The normalized spacial score (nSPS) is 15.8. The number of nitrogens with zero attached hydrogens (tertiary/aromatic N) is 2. The van der Waals surface area contributed by atoms with Crippen LogP contribution in [0.15, 0.2) is 53.2 Å². The SMILES string of the molecule is CC(C)(C)N(CC(=O)N1CCc2sccc2[C@H]1COc1ccc(Cl)cc1)C(=O)c1cccs1. The quantitative estimate of drug-likeness (QED) is 0.421. The average molecular weight is 503 g/mol. The summed E-state index contributed by atoms with van der Waals surface area (Å²) in [6.45, 7) is 6.84. The Morgan fingerprint density at radius 3 is 2.55 bits per heavy atom. The maximum absolute atomic E-state index is 13.6. The zero-order chi connectivity index (χ0) is 23.6. The summed E-state index contributed by atoms with van der Waals surface area (Å²) in [6.07, 6.45) is 0.810. The Labute approximate surface area is 207 Å². The summed E-state index contributed by atoms with van der Waals surface area (Å²) in [5.41, 5.74) is 0.635. The van der Waals surface area contributed by atoms with Crippen molar-refractivity contribution >= 4 is 46.1 Å². The van der Waals surface area contributed by atoms with Crippen LogP contribution < -0.4 is 4.74 Å². The Balaban J connectivity index is 1.54. The third-order valence-corrected chi connectivity index (χ3v) is 7.82. The Morgan fingerprint density at radius 1 is 1.12 bits per heavy atom. The van der Waals surface area contributed by atoms with Crippen molar-refractivity contribution in [3.8, 4) is 5.75 Å². The molecule has 8 heteroatoms. The van der Waals surface area contributed by atoms with Gasteiger partial charge in [-0.2, -0.15) is 0 Å². The van der Waals surface area contributed by atoms with Gasteiger partial charge in [-0.25, -0.2) is 0 Å². The summed E-state index contributed by atoms with van der Waals surface area (Å²) in [6, 6.07) is 12.8. The second-order valence-electron chi connectivity index (χ2n) is 8.96. The predicted octanol–water partition coefficient (Wildman–Crippen LogP) is 5.91. The van der Waals surface area contributed by atoms with Crippen LogP contribution in [0.3, 0.4) is 0 Å². The summed E-state index contributed by atoms with van der Waals surface area (Å²) in [5.74, 6) is 0.516. The fourth-order valence-electron chi connectivity index (χ4n) is 3.95. The van der Waals surface area contributed by atoms with E-state index in [9.17, 15) is 9.59 Å². The molecule has 33 heavy (non-hydrogen) atoms. The van der Waals surface area contributed by atoms with Crippen LogP contribution in [-0.2, 0) is 11.2 Å². The number of hydrogen-bond acceptors (Lipinski definition) is 5. The topological polar surface area (TPSA) is 49.9 Å². The van der Waals surface area contributed by atoms with Crippen LogP contribution in [0.25, 0.3) is 0 Å². The molecule has 0 unspecified atom stereocenters. The van der Waals surface area contributed by atoms with Gasteiger partial charge in [-0.05, 0) is 79.9 Å². The number of fused-ring (bicyclic) bond motifs is 1. The van der Waals surface area contributed by atoms with Gasteiger partial charge >= 0.3 is 0 Å². The first-order chi connectivity index (χ1) is 15.7. The van der Waals surface area contributed by atoms with Crippen LogP contribution in [0.2, 0.25) is 5.02 Å². The lowest BCUT2D eigenvalue weighted by atomic mass is 9.99. The van der Waals surface area contributed by atoms with Gasteiger partial charge in [0, 0.05) is 22.0 Å². The molecule has 4 rings (SSSR count). The molecule has 0 N–H and O–H groups in total. The van der Waals surface area contributed by atoms with E-state index in [0.717, 1.165) is 12.0 Å². The van der Waals surface area contributed by atoms with E-state index in [1.165, 1.54) is 16.2 Å². The van der Waals surface area contributed by atoms with Gasteiger partial charge in [0.15, 0.2) is 0 Å². The van der Waals surface area contributed by atoms with Gasteiger partial charge in [0.1, 0.15) is 18.9 Å². The van der Waals surface area contributed by atoms with Gasteiger partial charge in [0.05, 0.1) is 10.9 Å². The first kappa shape index (κ1) is 23.8. The largest absolute Gasteiger partial charge is 0.491 e. The molecule has 1 atom stereocenters. The van der Waals surface area contributed by atoms with Crippen LogP contribution in [0, 0.1) is 0 Å². The van der Waals surface area contributed by atoms with Crippen molar-refractivity contribution in [3.63, 3.8) is 0 Å². The Kier molecular flexibility index (Phi) is 7.12. The van der Waals surface area contributed by atoms with Crippen LogP contribution in [0.5, 0.6) is 5.75 Å². The molecule has 3 heterocycles. The van der Waals surface area contributed by atoms with E-state index in [4.69, 9.17) is 16.3 Å². The number of thiophene rings is 2. The Morgan fingerprint density at radius 2 is 1.88 bits per heavy atom. The summed E-state index contributed by atoms with van der Waals surface area (Å²) < 4.78 is 6.06. The molecule has 0 bridgehead atoms. The lowest BCUT2D eigenvalue weighted by molar-refractivity contribution is -0.136. The van der Waals surface area contributed by atoms with Crippen LogP contribution in [0.4, 0.5) is 0 Å². The Hall–Kier alpha value is -2.35. The molecule has 2 aromatic heterocycles. The van der Waals surface area contributed by atoms with Crippen molar-refractivity contribution in [3.05, 3.63) is 73.6 Å². The highest BCUT2D eigenvalue weighted by atomic mass is 35.5. The number of hydrogen-bond donors (Lipinski definition) is 0. The lowest BCUT2D eigenvalue weighted by Gasteiger charge is -2.40. The van der Waals surface area contributed by atoms with Crippen molar-refractivity contribution in [1.29, 1.82) is 0 Å². The zero-order valence-corrected chi connectivity index (χ0v) is 21.3. The number of rotatable bonds is 6. The third kappa shape index (κ3) is 5.42. The molecule has 174 valence electrons. The van der Waals surface area contributed by atoms with E-state index in [0.29, 0.717) is 28.8 Å². The summed E-state index contributed by atoms with van der Waals surface area (Å²) in [4.78, 5) is 32.2. The highest BCUT2D eigenvalue weighted by Gasteiger charge is 2.36. The van der Waals surface area contributed by atoms with E-state index in [-0.39, 0.29) is 24.4 Å². The highest BCUT2D eigenvalue weighted by molar-refractivity contribution is 7.12. The average Bonchev–Trinajstić information content (AvgIpc) is 3.47. The molecule has 3 aromatic rings. The van der Waals surface area contributed by atoms with Gasteiger partial charge in [-0.15, -0.1) is 22.7 Å². The van der Waals surface area contributed by atoms with Gasteiger partial charge in [-0.3, -0.25) is 9.59 Å². The maximum Gasteiger partial charge on any atom is 0.264 e. The first-order valence-electron chi connectivity index (χ1n) is 10.8. The van der Waals surface area contributed by atoms with E-state index in [2.05, 4.69) is 11.4 Å². The molecule has 0 radical (unpaired) electrons. The fourth-order valence-corrected chi connectivity index (χ4v) is 5.68. The fraction of sp³-hybridized carbons (Fsp3) is 0.360. The van der Waals surface area contributed by atoms with Crippen molar-refractivity contribution in [2.24, 2.45) is 0 Å². The molecule has 0 saturated heterocycles. The van der Waals surface area contributed by atoms with Crippen LogP contribution in [-0.4, -0.2) is 46.8 Å². The van der Waals surface area contributed by atoms with Crippen molar-refractivity contribution in [1.82, 2.24) is 9.80 Å². The number of benzene rings is 1. The minimum absolute atomic E-state index is 0.0249. The highest BCUT2D eigenvalue weighted by Crippen LogP contribution is 2.34. The smallest absolute Gasteiger partial charge is 0.264 e.